The molecule has 2 aliphatic rings. The Morgan fingerprint density at radius 2 is 1.73 bits per heavy atom. The second-order valence-electron chi connectivity index (χ2n) is 4.54. The van der Waals surface area contributed by atoms with Crippen LogP contribution < -0.4 is 0 Å². The maximum atomic E-state index is 5.66. The molecule has 0 radical (unpaired) electrons. The van der Waals surface area contributed by atoms with Gasteiger partial charge >= 0.3 is 0 Å². The molecule has 0 aromatic carbocycles. The predicted octanol–water partition coefficient (Wildman–Crippen LogP) is 2.35. The summed E-state index contributed by atoms with van der Waals surface area (Å²) in [6, 6.07) is 0. The predicted molar refractivity (Wildman–Crippen MR) is 57.7 cm³/mol. The maximum Gasteiger partial charge on any atom is 0.159 e. The van der Waals surface area contributed by atoms with Crippen molar-refractivity contribution < 1.29 is 14.2 Å². The molecule has 3 nitrogen and oxygen atoms in total. The van der Waals surface area contributed by atoms with Crippen molar-refractivity contribution in [3.63, 3.8) is 0 Å². The third-order valence-corrected chi connectivity index (χ3v) is 3.22. The molecule has 1 heterocycles. The lowest BCUT2D eigenvalue weighted by Gasteiger charge is -2.23. The fourth-order valence-electron chi connectivity index (χ4n) is 2.31. The molecule has 0 atom stereocenters. The van der Waals surface area contributed by atoms with Gasteiger partial charge in [0.25, 0.3) is 0 Å². The van der Waals surface area contributed by atoms with Crippen LogP contribution in [0, 0.1) is 5.92 Å². The van der Waals surface area contributed by atoms with Crippen molar-refractivity contribution in [2.75, 3.05) is 26.4 Å². The zero-order chi connectivity index (χ0) is 10.3. The maximum absolute atomic E-state index is 5.66. The van der Waals surface area contributed by atoms with Crippen LogP contribution in [0.1, 0.15) is 38.5 Å². The molecule has 1 saturated heterocycles. The van der Waals surface area contributed by atoms with E-state index in [1.165, 1.54) is 25.7 Å². The van der Waals surface area contributed by atoms with E-state index < -0.39 is 0 Å². The largest absolute Gasteiger partial charge is 0.381 e. The summed E-state index contributed by atoms with van der Waals surface area (Å²) < 4.78 is 16.6. The van der Waals surface area contributed by atoms with Crippen molar-refractivity contribution >= 4 is 0 Å². The highest BCUT2D eigenvalue weighted by atomic mass is 16.7. The highest BCUT2D eigenvalue weighted by Gasteiger charge is 2.16. The van der Waals surface area contributed by atoms with Crippen LogP contribution in [-0.2, 0) is 14.2 Å². The molecule has 1 saturated carbocycles. The van der Waals surface area contributed by atoms with Crippen molar-refractivity contribution in [3.05, 3.63) is 0 Å². The van der Waals surface area contributed by atoms with E-state index in [0.717, 1.165) is 45.2 Å². The average molecular weight is 214 g/mol. The van der Waals surface area contributed by atoms with Crippen molar-refractivity contribution in [2.24, 2.45) is 5.92 Å². The monoisotopic (exact) mass is 214 g/mol. The number of rotatable bonds is 5. The quantitative estimate of drug-likeness (QED) is 0.657. The molecule has 0 aromatic heterocycles. The Bertz CT molecular complexity index is 160. The lowest BCUT2D eigenvalue weighted by Crippen LogP contribution is -2.26. The number of hydrogen-bond donors (Lipinski definition) is 0. The summed E-state index contributed by atoms with van der Waals surface area (Å²) >= 11 is 0. The van der Waals surface area contributed by atoms with Crippen LogP contribution in [0.2, 0.25) is 0 Å². The fraction of sp³-hybridized carbons (Fsp3) is 1.00. The van der Waals surface area contributed by atoms with Crippen LogP contribution in [0.25, 0.3) is 0 Å². The molecule has 15 heavy (non-hydrogen) atoms. The Hall–Kier alpha value is -0.120. The van der Waals surface area contributed by atoms with E-state index in [1.54, 1.807) is 0 Å². The van der Waals surface area contributed by atoms with Gasteiger partial charge in [-0.3, -0.25) is 0 Å². The van der Waals surface area contributed by atoms with Crippen molar-refractivity contribution in [2.45, 2.75) is 44.8 Å². The van der Waals surface area contributed by atoms with Gasteiger partial charge in [0.2, 0.25) is 0 Å². The first-order chi connectivity index (χ1) is 7.45. The lowest BCUT2D eigenvalue weighted by atomic mass is 10.1. The first kappa shape index (κ1) is 11.4. The molecule has 0 unspecified atom stereocenters. The summed E-state index contributed by atoms with van der Waals surface area (Å²) in [6.07, 6.45) is 7.40. The first-order valence-corrected chi connectivity index (χ1v) is 6.26. The second-order valence-corrected chi connectivity index (χ2v) is 4.54. The highest BCUT2D eigenvalue weighted by Crippen LogP contribution is 2.24. The number of hydrogen-bond acceptors (Lipinski definition) is 3. The molecule has 0 N–H and O–H groups in total. The zero-order valence-corrected chi connectivity index (χ0v) is 9.45. The molecule has 88 valence electrons. The van der Waals surface area contributed by atoms with E-state index in [9.17, 15) is 0 Å². The minimum Gasteiger partial charge on any atom is -0.381 e. The SMILES string of the molecule is C1COC(CCOCC2CCCC2)OC1. The van der Waals surface area contributed by atoms with Gasteiger partial charge in [-0.15, -0.1) is 0 Å². The van der Waals surface area contributed by atoms with Crippen LogP contribution in [0.3, 0.4) is 0 Å². The average Bonchev–Trinajstić information content (AvgIpc) is 2.79. The third kappa shape index (κ3) is 4.09. The normalized spacial score (nSPS) is 24.8. The minimum absolute atomic E-state index is 0.0117. The van der Waals surface area contributed by atoms with Gasteiger partial charge < -0.3 is 14.2 Å². The summed E-state index contributed by atoms with van der Waals surface area (Å²) in [6.45, 7) is 3.40. The fourth-order valence-corrected chi connectivity index (χ4v) is 2.31. The van der Waals surface area contributed by atoms with Crippen LogP contribution >= 0.6 is 0 Å². The molecule has 3 heteroatoms. The van der Waals surface area contributed by atoms with Crippen LogP contribution in [-0.4, -0.2) is 32.7 Å². The van der Waals surface area contributed by atoms with Crippen LogP contribution in [0.4, 0.5) is 0 Å². The van der Waals surface area contributed by atoms with E-state index >= 15 is 0 Å². The molecular weight excluding hydrogens is 192 g/mol. The molecule has 1 aliphatic carbocycles. The lowest BCUT2D eigenvalue weighted by molar-refractivity contribution is -0.186. The molecular formula is C12H22O3. The summed E-state index contributed by atoms with van der Waals surface area (Å²) in [5, 5.41) is 0. The molecule has 0 aromatic rings. The van der Waals surface area contributed by atoms with Gasteiger partial charge in [-0.25, -0.2) is 0 Å². The summed E-state index contributed by atoms with van der Waals surface area (Å²) in [4.78, 5) is 0. The van der Waals surface area contributed by atoms with Crippen LogP contribution in [0.15, 0.2) is 0 Å². The number of ether oxygens (including phenoxy) is 3. The molecule has 0 spiro atoms. The second kappa shape index (κ2) is 6.46. The van der Waals surface area contributed by atoms with E-state index in [0.29, 0.717) is 0 Å². The van der Waals surface area contributed by atoms with E-state index in [1.807, 2.05) is 0 Å². The highest BCUT2D eigenvalue weighted by molar-refractivity contribution is 4.66. The Morgan fingerprint density at radius 3 is 2.47 bits per heavy atom. The van der Waals surface area contributed by atoms with Crippen molar-refractivity contribution in [1.82, 2.24) is 0 Å². The zero-order valence-electron chi connectivity index (χ0n) is 9.45. The van der Waals surface area contributed by atoms with E-state index in [-0.39, 0.29) is 6.29 Å². The van der Waals surface area contributed by atoms with Gasteiger partial charge in [0.15, 0.2) is 6.29 Å². The minimum atomic E-state index is -0.0117. The standard InChI is InChI=1S/C12H22O3/c1-2-5-11(4-1)10-13-9-6-12-14-7-3-8-15-12/h11-12H,1-10H2. The molecule has 2 rings (SSSR count). The van der Waals surface area contributed by atoms with E-state index in [4.69, 9.17) is 14.2 Å². The topological polar surface area (TPSA) is 27.7 Å². The van der Waals surface area contributed by atoms with Gasteiger partial charge in [-0.05, 0) is 25.2 Å². The van der Waals surface area contributed by atoms with Gasteiger partial charge in [-0.2, -0.15) is 0 Å². The summed E-state index contributed by atoms with van der Waals surface area (Å²) in [7, 11) is 0. The van der Waals surface area contributed by atoms with Crippen molar-refractivity contribution in [3.8, 4) is 0 Å². The first-order valence-electron chi connectivity index (χ1n) is 6.26. The Balaban J connectivity index is 1.47. The summed E-state index contributed by atoms with van der Waals surface area (Å²) in [5.41, 5.74) is 0. The Kier molecular flexibility index (Phi) is 4.90. The molecule has 2 fully saturated rings. The Morgan fingerprint density at radius 1 is 1.00 bits per heavy atom. The Labute approximate surface area is 92.1 Å². The summed E-state index contributed by atoms with van der Waals surface area (Å²) in [5.74, 6) is 0.818. The molecule has 0 bridgehead atoms. The van der Waals surface area contributed by atoms with E-state index in [2.05, 4.69) is 0 Å². The third-order valence-electron chi connectivity index (χ3n) is 3.22. The van der Waals surface area contributed by atoms with Gasteiger partial charge in [-0.1, -0.05) is 12.8 Å². The van der Waals surface area contributed by atoms with Gasteiger partial charge in [0.05, 0.1) is 19.8 Å². The van der Waals surface area contributed by atoms with Gasteiger partial charge in [0, 0.05) is 13.0 Å². The smallest absolute Gasteiger partial charge is 0.159 e. The molecule has 1 aliphatic heterocycles. The van der Waals surface area contributed by atoms with Gasteiger partial charge in [0.1, 0.15) is 0 Å². The van der Waals surface area contributed by atoms with Crippen LogP contribution in [0.5, 0.6) is 0 Å². The molecule has 0 amide bonds. The van der Waals surface area contributed by atoms with Crippen molar-refractivity contribution in [1.29, 1.82) is 0 Å².